The van der Waals surface area contributed by atoms with Gasteiger partial charge in [0.2, 0.25) is 0 Å². The summed E-state index contributed by atoms with van der Waals surface area (Å²) in [7, 11) is 0. The molecule has 1 aromatic carbocycles. The van der Waals surface area contributed by atoms with Crippen LogP contribution < -0.4 is 10.1 Å². The standard InChI is InChI=1S/C32H33F3N8O3/c1-31(2,45)26-12-9-19(16-36-26)17-37-30(44)25-18-43(42-40-25)13-4-3-7-22-15-24-27(28(20-10-11-20)38-29(24)41-39-22)21-6-5-8-23(14-21)46-32(33,34)35/h5-6,8-9,12,14-16,18,20,45H,3-4,7,10-11,13,17H2,1-2H3,(H,37,44)(H,38,41). The van der Waals surface area contributed by atoms with Crippen LogP contribution in [-0.2, 0) is 25.1 Å². The first kappa shape index (κ1) is 31.1. The summed E-state index contributed by atoms with van der Waals surface area (Å²) in [5, 5.41) is 30.5. The summed E-state index contributed by atoms with van der Waals surface area (Å²) < 4.78 is 44.4. The van der Waals surface area contributed by atoms with E-state index in [4.69, 9.17) is 0 Å². The second kappa shape index (κ2) is 12.5. The van der Waals surface area contributed by atoms with Crippen molar-refractivity contribution < 1.29 is 27.8 Å². The number of nitrogens with zero attached hydrogens (tertiary/aromatic N) is 6. The number of alkyl halides is 3. The lowest BCUT2D eigenvalue weighted by Gasteiger charge is -2.16. The molecule has 1 amide bonds. The monoisotopic (exact) mass is 634 g/mol. The summed E-state index contributed by atoms with van der Waals surface area (Å²) in [5.74, 6) is -0.325. The predicted molar refractivity (Wildman–Crippen MR) is 162 cm³/mol. The molecule has 0 unspecified atom stereocenters. The number of ether oxygens (including phenoxy) is 1. The van der Waals surface area contributed by atoms with E-state index in [9.17, 15) is 23.1 Å². The molecule has 0 radical (unpaired) electrons. The Bertz CT molecular complexity index is 1840. The number of carbonyl (C=O) groups is 1. The third-order valence-corrected chi connectivity index (χ3v) is 7.72. The van der Waals surface area contributed by atoms with Gasteiger partial charge >= 0.3 is 6.36 Å². The second-order valence-corrected chi connectivity index (χ2v) is 12.0. The van der Waals surface area contributed by atoms with Crippen LogP contribution in [0.5, 0.6) is 5.75 Å². The molecule has 0 saturated heterocycles. The van der Waals surface area contributed by atoms with Crippen LogP contribution in [0, 0.1) is 0 Å². The molecule has 11 nitrogen and oxygen atoms in total. The minimum atomic E-state index is -4.78. The normalized spacial score (nSPS) is 13.7. The third-order valence-electron chi connectivity index (χ3n) is 7.72. The van der Waals surface area contributed by atoms with E-state index >= 15 is 0 Å². The van der Waals surface area contributed by atoms with Crippen LogP contribution in [0.25, 0.3) is 22.2 Å². The Morgan fingerprint density at radius 1 is 1.11 bits per heavy atom. The van der Waals surface area contributed by atoms with Gasteiger partial charge in [0.25, 0.3) is 5.91 Å². The summed E-state index contributed by atoms with van der Waals surface area (Å²) in [6, 6.07) is 11.5. The third kappa shape index (κ3) is 7.50. The van der Waals surface area contributed by atoms with E-state index < -0.39 is 12.0 Å². The average Bonchev–Trinajstić information content (AvgIpc) is 3.62. The molecule has 6 rings (SSSR count). The molecular weight excluding hydrogens is 601 g/mol. The van der Waals surface area contributed by atoms with Crippen LogP contribution in [0.4, 0.5) is 13.2 Å². The number of pyridine rings is 1. The van der Waals surface area contributed by atoms with Crippen molar-refractivity contribution in [1.29, 1.82) is 0 Å². The summed E-state index contributed by atoms with van der Waals surface area (Å²) in [5.41, 5.74) is 4.26. The number of aromatic amines is 1. The van der Waals surface area contributed by atoms with Crippen LogP contribution in [0.3, 0.4) is 0 Å². The molecule has 3 N–H and O–H groups in total. The van der Waals surface area contributed by atoms with Gasteiger partial charge in [-0.3, -0.25) is 14.5 Å². The van der Waals surface area contributed by atoms with E-state index in [1.165, 1.54) is 12.1 Å². The molecular formula is C32H33F3N8O3. The fourth-order valence-electron chi connectivity index (χ4n) is 5.27. The largest absolute Gasteiger partial charge is 0.573 e. The Morgan fingerprint density at radius 3 is 2.65 bits per heavy atom. The highest BCUT2D eigenvalue weighted by atomic mass is 19.4. The highest BCUT2D eigenvalue weighted by Gasteiger charge is 2.32. The van der Waals surface area contributed by atoms with Crippen molar-refractivity contribution in [3.63, 3.8) is 0 Å². The first-order valence-corrected chi connectivity index (χ1v) is 15.0. The minimum absolute atomic E-state index is 0.202. The molecule has 46 heavy (non-hydrogen) atoms. The van der Waals surface area contributed by atoms with Crippen molar-refractivity contribution in [2.75, 3.05) is 0 Å². The van der Waals surface area contributed by atoms with Crippen LogP contribution in [0.1, 0.15) is 78.6 Å². The van der Waals surface area contributed by atoms with Crippen molar-refractivity contribution in [2.24, 2.45) is 0 Å². The molecule has 0 atom stereocenters. The fourth-order valence-corrected chi connectivity index (χ4v) is 5.27. The molecule has 1 saturated carbocycles. The SMILES string of the molecule is CC(C)(O)c1ccc(CNC(=O)c2cn(CCCCc3cc4c(-c5cccc(OC(F)(F)F)c5)c(C5CC5)[nH]c4nn3)nn2)cn1. The second-order valence-electron chi connectivity index (χ2n) is 12.0. The summed E-state index contributed by atoms with van der Waals surface area (Å²) in [4.78, 5) is 20.2. The van der Waals surface area contributed by atoms with E-state index in [0.29, 0.717) is 35.8 Å². The van der Waals surface area contributed by atoms with Crippen molar-refractivity contribution in [2.45, 2.75) is 76.9 Å². The van der Waals surface area contributed by atoms with E-state index in [-0.39, 0.29) is 23.9 Å². The zero-order valence-electron chi connectivity index (χ0n) is 25.3. The van der Waals surface area contributed by atoms with Gasteiger partial charge in [-0.2, -0.15) is 5.10 Å². The Balaban J connectivity index is 1.05. The number of H-pyrrole nitrogens is 1. The van der Waals surface area contributed by atoms with Crippen LogP contribution in [-0.4, -0.2) is 52.5 Å². The van der Waals surface area contributed by atoms with Crippen LogP contribution >= 0.6 is 0 Å². The quantitative estimate of drug-likeness (QED) is 0.151. The van der Waals surface area contributed by atoms with E-state index in [1.807, 2.05) is 6.07 Å². The number of amides is 1. The molecule has 1 fully saturated rings. The van der Waals surface area contributed by atoms with Gasteiger partial charge in [-0.15, -0.1) is 23.4 Å². The first-order valence-electron chi connectivity index (χ1n) is 15.0. The lowest BCUT2D eigenvalue weighted by Crippen LogP contribution is -2.23. The highest BCUT2D eigenvalue weighted by molar-refractivity contribution is 5.96. The summed E-state index contributed by atoms with van der Waals surface area (Å²) >= 11 is 0. The molecule has 0 spiro atoms. The highest BCUT2D eigenvalue weighted by Crippen LogP contribution is 2.47. The maximum atomic E-state index is 12.9. The number of nitrogens with one attached hydrogen (secondary N) is 2. The first-order chi connectivity index (χ1) is 21.9. The molecule has 5 aromatic rings. The number of aromatic nitrogens is 7. The number of aryl methyl sites for hydroxylation is 2. The minimum Gasteiger partial charge on any atom is -0.406 e. The van der Waals surface area contributed by atoms with Crippen LogP contribution in [0.15, 0.2) is 54.9 Å². The molecule has 4 aromatic heterocycles. The number of benzene rings is 1. The van der Waals surface area contributed by atoms with Gasteiger partial charge in [0.05, 0.1) is 17.6 Å². The number of aliphatic hydroxyl groups is 1. The molecule has 0 aliphatic heterocycles. The van der Waals surface area contributed by atoms with Crippen molar-refractivity contribution in [1.82, 2.24) is 40.5 Å². The Kier molecular flexibility index (Phi) is 8.47. The van der Waals surface area contributed by atoms with Crippen molar-refractivity contribution in [3.05, 3.63) is 83.2 Å². The Morgan fingerprint density at radius 2 is 1.93 bits per heavy atom. The van der Waals surface area contributed by atoms with E-state index in [2.05, 4.69) is 40.5 Å². The molecule has 1 aliphatic carbocycles. The van der Waals surface area contributed by atoms with Gasteiger partial charge in [0.15, 0.2) is 11.3 Å². The molecule has 0 bridgehead atoms. The van der Waals surface area contributed by atoms with Gasteiger partial charge < -0.3 is 20.1 Å². The number of hydrogen-bond donors (Lipinski definition) is 3. The van der Waals surface area contributed by atoms with Crippen molar-refractivity contribution >= 4 is 16.9 Å². The predicted octanol–water partition coefficient (Wildman–Crippen LogP) is 5.57. The number of fused-ring (bicyclic) bond motifs is 1. The average molecular weight is 635 g/mol. The zero-order chi connectivity index (χ0) is 32.5. The maximum absolute atomic E-state index is 12.9. The Labute approximate surface area is 262 Å². The summed E-state index contributed by atoms with van der Waals surface area (Å²) in [6.45, 7) is 4.12. The van der Waals surface area contributed by atoms with E-state index in [1.54, 1.807) is 55.2 Å². The number of halogens is 3. The molecule has 240 valence electrons. The maximum Gasteiger partial charge on any atom is 0.573 e. The number of unbranched alkanes of at least 4 members (excludes halogenated alkanes) is 1. The van der Waals surface area contributed by atoms with Gasteiger partial charge in [-0.1, -0.05) is 23.4 Å². The van der Waals surface area contributed by atoms with Gasteiger partial charge in [-0.05, 0) is 87.3 Å². The summed E-state index contributed by atoms with van der Waals surface area (Å²) in [6.07, 6.45) is 2.57. The number of hydrogen-bond acceptors (Lipinski definition) is 8. The molecule has 4 heterocycles. The van der Waals surface area contributed by atoms with Gasteiger partial charge in [0, 0.05) is 35.9 Å². The number of carbonyl (C=O) groups excluding carboxylic acids is 1. The van der Waals surface area contributed by atoms with Gasteiger partial charge in [-0.25, -0.2) is 0 Å². The fraction of sp³-hybridized carbons (Fsp3) is 0.375. The zero-order valence-corrected chi connectivity index (χ0v) is 25.3. The smallest absolute Gasteiger partial charge is 0.406 e. The Hall–Kier alpha value is -4.85. The lowest BCUT2D eigenvalue weighted by molar-refractivity contribution is -0.274. The van der Waals surface area contributed by atoms with Crippen LogP contribution in [0.2, 0.25) is 0 Å². The number of rotatable bonds is 12. The van der Waals surface area contributed by atoms with E-state index in [0.717, 1.165) is 53.6 Å². The van der Waals surface area contributed by atoms with Gasteiger partial charge in [0.1, 0.15) is 11.4 Å². The molecule has 14 heteroatoms. The van der Waals surface area contributed by atoms with Crippen molar-refractivity contribution in [3.8, 4) is 16.9 Å². The molecule has 1 aliphatic rings. The lowest BCUT2D eigenvalue weighted by atomic mass is 10.00. The topological polar surface area (TPSA) is 144 Å².